The molecule has 0 amide bonds. The molecule has 1 heterocycles. The molecule has 20 heavy (non-hydrogen) atoms. The summed E-state index contributed by atoms with van der Waals surface area (Å²) in [5.74, 6) is 1.06. The number of thiazole rings is 1. The van der Waals surface area contributed by atoms with Crippen LogP contribution >= 0.6 is 62.1 Å². The Labute approximate surface area is 145 Å². The predicted molar refractivity (Wildman–Crippen MR) is 89.6 cm³/mol. The molecule has 1 aromatic heterocycles. The van der Waals surface area contributed by atoms with Crippen molar-refractivity contribution in [2.24, 2.45) is 0 Å². The summed E-state index contributed by atoms with van der Waals surface area (Å²) in [6.07, 6.45) is 1.72. The molecule has 0 atom stereocenters. The molecular formula is C13H11BrCl3NOS. The van der Waals surface area contributed by atoms with Gasteiger partial charge in [-0.1, -0.05) is 23.2 Å². The molecule has 0 radical (unpaired) electrons. The average Bonchev–Trinajstić information content (AvgIpc) is 2.88. The fourth-order valence-corrected chi connectivity index (χ4v) is 3.46. The van der Waals surface area contributed by atoms with Crippen molar-refractivity contribution >= 4 is 62.1 Å². The molecule has 0 spiro atoms. The number of halogens is 4. The maximum Gasteiger partial charge on any atom is 0.139 e. The Morgan fingerprint density at radius 1 is 1.25 bits per heavy atom. The summed E-state index contributed by atoms with van der Waals surface area (Å²) in [7, 11) is 0. The summed E-state index contributed by atoms with van der Waals surface area (Å²) in [4.78, 5) is 4.39. The molecule has 0 unspecified atom stereocenters. The molecule has 2 nitrogen and oxygen atoms in total. The van der Waals surface area contributed by atoms with Crippen LogP contribution in [0.5, 0.6) is 5.75 Å². The van der Waals surface area contributed by atoms with Gasteiger partial charge in [0.15, 0.2) is 0 Å². The normalized spacial score (nSPS) is 10.8. The lowest BCUT2D eigenvalue weighted by Gasteiger charge is -2.08. The van der Waals surface area contributed by atoms with Crippen LogP contribution in [0.25, 0.3) is 0 Å². The third-order valence-corrected chi connectivity index (χ3v) is 5.23. The molecule has 0 aliphatic rings. The van der Waals surface area contributed by atoms with Crippen molar-refractivity contribution in [1.82, 2.24) is 4.98 Å². The number of aromatic nitrogens is 1. The van der Waals surface area contributed by atoms with Crippen LogP contribution in [0.1, 0.15) is 17.1 Å². The Morgan fingerprint density at radius 3 is 2.75 bits per heavy atom. The molecule has 108 valence electrons. The van der Waals surface area contributed by atoms with Crippen molar-refractivity contribution in [3.63, 3.8) is 0 Å². The van der Waals surface area contributed by atoms with E-state index in [1.165, 1.54) is 0 Å². The molecular weight excluding hydrogens is 404 g/mol. The number of hydrogen-bond donors (Lipinski definition) is 0. The quantitative estimate of drug-likeness (QED) is 0.330. The second-order valence-corrected chi connectivity index (χ2v) is 6.89. The second kappa shape index (κ2) is 7.85. The Bertz CT molecular complexity index is 591. The number of aryl methyl sites for hydroxylation is 1. The first-order valence-electron chi connectivity index (χ1n) is 5.86. The van der Waals surface area contributed by atoms with E-state index in [1.54, 1.807) is 23.5 Å². The Hall–Kier alpha value is -0.000000000000000167. The number of alkyl halides is 1. The molecule has 0 aliphatic carbocycles. The Kier molecular flexibility index (Phi) is 6.43. The van der Waals surface area contributed by atoms with Gasteiger partial charge in [0.2, 0.25) is 0 Å². The maximum atomic E-state index is 6.08. The maximum absolute atomic E-state index is 6.08. The first kappa shape index (κ1) is 16.4. The molecule has 7 heteroatoms. The molecule has 1 aromatic carbocycles. The van der Waals surface area contributed by atoms with Crippen LogP contribution in [0.2, 0.25) is 10.0 Å². The van der Waals surface area contributed by atoms with Gasteiger partial charge in [-0.2, -0.15) is 0 Å². The van der Waals surface area contributed by atoms with Crippen molar-refractivity contribution in [2.75, 3.05) is 6.61 Å². The van der Waals surface area contributed by atoms with E-state index in [1.807, 2.05) is 5.38 Å². The molecule has 0 aliphatic heterocycles. The van der Waals surface area contributed by atoms with Crippen LogP contribution < -0.4 is 4.74 Å². The van der Waals surface area contributed by atoms with E-state index in [4.69, 9.17) is 39.5 Å². The van der Waals surface area contributed by atoms with E-state index in [0.29, 0.717) is 28.3 Å². The lowest BCUT2D eigenvalue weighted by molar-refractivity contribution is 0.311. The zero-order chi connectivity index (χ0) is 14.5. The number of rotatable bonds is 6. The minimum atomic E-state index is 0.458. The number of benzene rings is 1. The SMILES string of the molecule is ClCc1csc(CCCOc2cc(Cl)c(Br)cc2Cl)n1. The van der Waals surface area contributed by atoms with Crippen molar-refractivity contribution in [1.29, 1.82) is 0 Å². The molecule has 2 rings (SSSR count). The monoisotopic (exact) mass is 413 g/mol. The van der Waals surface area contributed by atoms with Crippen LogP contribution in [0.4, 0.5) is 0 Å². The third-order valence-electron chi connectivity index (χ3n) is 2.50. The van der Waals surface area contributed by atoms with E-state index in [0.717, 1.165) is 28.0 Å². The smallest absolute Gasteiger partial charge is 0.139 e. The lowest BCUT2D eigenvalue weighted by Crippen LogP contribution is -2.00. The van der Waals surface area contributed by atoms with Crippen molar-refractivity contribution in [2.45, 2.75) is 18.7 Å². The standard InChI is InChI=1S/C13H11BrCl3NOS/c14-9-4-11(17)12(5-10(9)16)19-3-1-2-13-18-8(6-15)7-20-13/h4-5,7H,1-3,6H2. The van der Waals surface area contributed by atoms with Gasteiger partial charge in [-0.15, -0.1) is 22.9 Å². The summed E-state index contributed by atoms with van der Waals surface area (Å²) in [5.41, 5.74) is 0.926. The van der Waals surface area contributed by atoms with Gasteiger partial charge >= 0.3 is 0 Å². The Morgan fingerprint density at radius 2 is 2.05 bits per heavy atom. The second-order valence-electron chi connectivity index (χ2n) is 4.01. The Balaban J connectivity index is 1.82. The minimum absolute atomic E-state index is 0.458. The number of nitrogens with zero attached hydrogens (tertiary/aromatic N) is 1. The van der Waals surface area contributed by atoms with Gasteiger partial charge in [0, 0.05) is 22.3 Å². The predicted octanol–water partition coefficient (Wildman–Crippen LogP) is 5.96. The first-order valence-corrected chi connectivity index (χ1v) is 8.83. The minimum Gasteiger partial charge on any atom is -0.492 e. The van der Waals surface area contributed by atoms with Crippen LogP contribution in [0.3, 0.4) is 0 Å². The highest BCUT2D eigenvalue weighted by molar-refractivity contribution is 9.10. The number of ether oxygens (including phenoxy) is 1. The van der Waals surface area contributed by atoms with Gasteiger partial charge in [-0.3, -0.25) is 0 Å². The molecule has 0 saturated heterocycles. The summed E-state index contributed by atoms with van der Waals surface area (Å²) < 4.78 is 6.40. The summed E-state index contributed by atoms with van der Waals surface area (Å²) in [6, 6.07) is 3.44. The molecule has 0 N–H and O–H groups in total. The third kappa shape index (κ3) is 4.50. The summed E-state index contributed by atoms with van der Waals surface area (Å²) >= 11 is 22.7. The van der Waals surface area contributed by atoms with Gasteiger partial charge in [0.05, 0.1) is 33.2 Å². The highest BCUT2D eigenvalue weighted by atomic mass is 79.9. The molecule has 0 fully saturated rings. The van der Waals surface area contributed by atoms with Gasteiger partial charge < -0.3 is 4.74 Å². The van der Waals surface area contributed by atoms with E-state index >= 15 is 0 Å². The summed E-state index contributed by atoms with van der Waals surface area (Å²) in [6.45, 7) is 0.563. The zero-order valence-electron chi connectivity index (χ0n) is 10.3. The first-order chi connectivity index (χ1) is 9.60. The van der Waals surface area contributed by atoms with Gasteiger partial charge in [-0.05, 0) is 28.4 Å². The largest absolute Gasteiger partial charge is 0.492 e. The van der Waals surface area contributed by atoms with Crippen LogP contribution in [0, 0.1) is 0 Å². The van der Waals surface area contributed by atoms with E-state index in [9.17, 15) is 0 Å². The highest BCUT2D eigenvalue weighted by Gasteiger charge is 2.07. The van der Waals surface area contributed by atoms with Gasteiger partial charge in [0.1, 0.15) is 5.75 Å². The summed E-state index contributed by atoms with van der Waals surface area (Å²) in [5, 5.41) is 4.18. The van der Waals surface area contributed by atoms with E-state index < -0.39 is 0 Å². The van der Waals surface area contributed by atoms with E-state index in [-0.39, 0.29) is 0 Å². The topological polar surface area (TPSA) is 22.1 Å². The average molecular weight is 416 g/mol. The lowest BCUT2D eigenvalue weighted by atomic mass is 10.3. The van der Waals surface area contributed by atoms with Gasteiger partial charge in [0.25, 0.3) is 0 Å². The van der Waals surface area contributed by atoms with Crippen LogP contribution in [0.15, 0.2) is 22.0 Å². The molecule has 2 aromatic rings. The van der Waals surface area contributed by atoms with Crippen LogP contribution in [-0.4, -0.2) is 11.6 Å². The van der Waals surface area contributed by atoms with Crippen molar-refractivity contribution in [3.8, 4) is 5.75 Å². The highest BCUT2D eigenvalue weighted by Crippen LogP contribution is 2.34. The number of hydrogen-bond acceptors (Lipinski definition) is 3. The van der Waals surface area contributed by atoms with Crippen LogP contribution in [-0.2, 0) is 12.3 Å². The van der Waals surface area contributed by atoms with Crippen molar-refractivity contribution < 1.29 is 4.74 Å². The fraction of sp³-hybridized carbons (Fsp3) is 0.308. The molecule has 0 bridgehead atoms. The zero-order valence-corrected chi connectivity index (χ0v) is 15.0. The van der Waals surface area contributed by atoms with Gasteiger partial charge in [-0.25, -0.2) is 4.98 Å². The van der Waals surface area contributed by atoms with Crippen molar-refractivity contribution in [3.05, 3.63) is 42.7 Å². The van der Waals surface area contributed by atoms with E-state index in [2.05, 4.69) is 20.9 Å². The molecule has 0 saturated carbocycles. The fourth-order valence-electron chi connectivity index (χ4n) is 1.55.